The highest BCUT2D eigenvalue weighted by Crippen LogP contribution is 2.47. The Kier molecular flexibility index (Phi) is 6.34. The van der Waals surface area contributed by atoms with Gasteiger partial charge < -0.3 is 34.3 Å². The first-order valence-corrected chi connectivity index (χ1v) is 12.8. The second kappa shape index (κ2) is 10.0. The molecule has 1 aliphatic carbocycles. The lowest BCUT2D eigenvalue weighted by Crippen LogP contribution is -2.12. The number of methoxy groups -OCH3 is 2. The van der Waals surface area contributed by atoms with Gasteiger partial charge >= 0.3 is 0 Å². The molecular formula is C33H24O9. The fourth-order valence-electron chi connectivity index (χ4n) is 5.38. The molecule has 1 aromatic heterocycles. The number of hydrogen-bond acceptors (Lipinski definition) is 9. The number of carbonyl (C=O) groups is 1. The van der Waals surface area contributed by atoms with Crippen molar-refractivity contribution in [1.29, 1.82) is 0 Å². The fraction of sp³-hybridized carbons (Fsp3) is 0.0909. The summed E-state index contributed by atoms with van der Waals surface area (Å²) in [6, 6.07) is 16.7. The molecule has 9 heteroatoms. The van der Waals surface area contributed by atoms with E-state index in [4.69, 9.17) is 13.9 Å². The number of benzene rings is 4. The number of ether oxygens (including phenoxy) is 2. The first-order valence-electron chi connectivity index (χ1n) is 12.8. The van der Waals surface area contributed by atoms with Crippen LogP contribution in [0.2, 0.25) is 0 Å². The molecule has 0 fully saturated rings. The molecule has 1 heterocycles. The number of rotatable bonds is 5. The van der Waals surface area contributed by atoms with Gasteiger partial charge in [-0.3, -0.25) is 9.59 Å². The van der Waals surface area contributed by atoms with Crippen molar-refractivity contribution in [3.63, 3.8) is 0 Å². The number of carbonyl (C=O) groups excluding carboxylic acids is 1. The van der Waals surface area contributed by atoms with Crippen molar-refractivity contribution >= 4 is 22.3 Å². The third kappa shape index (κ3) is 4.37. The van der Waals surface area contributed by atoms with Crippen molar-refractivity contribution in [1.82, 2.24) is 0 Å². The van der Waals surface area contributed by atoms with Gasteiger partial charge in [0.05, 0.1) is 19.8 Å². The molecule has 5 aromatic rings. The van der Waals surface area contributed by atoms with E-state index in [1.54, 1.807) is 37.4 Å². The largest absolute Gasteiger partial charge is 0.508 e. The molecule has 0 radical (unpaired) electrons. The van der Waals surface area contributed by atoms with Crippen molar-refractivity contribution in [2.45, 2.75) is 6.42 Å². The third-order valence-electron chi connectivity index (χ3n) is 7.32. The molecule has 0 atom stereocenters. The SMILES string of the molecule is COc1ccc(C2=CC(=O)c3c(O)cc(O)c(-c4cc(-c5cc(=O)c6c(O)cc(O)cc6o5)ccc4OC)c3C2)cc1. The third-order valence-corrected chi connectivity index (χ3v) is 7.32. The van der Waals surface area contributed by atoms with Crippen molar-refractivity contribution in [3.05, 3.63) is 99.7 Å². The van der Waals surface area contributed by atoms with Crippen LogP contribution in [0.25, 0.3) is 39.0 Å². The van der Waals surface area contributed by atoms with E-state index in [0.29, 0.717) is 33.8 Å². The van der Waals surface area contributed by atoms with E-state index in [-0.39, 0.29) is 51.5 Å². The van der Waals surface area contributed by atoms with Crippen molar-refractivity contribution in [2.24, 2.45) is 0 Å². The van der Waals surface area contributed by atoms with Crippen molar-refractivity contribution < 1.29 is 39.1 Å². The van der Waals surface area contributed by atoms with Crippen LogP contribution in [0.15, 0.2) is 82.0 Å². The number of phenolic OH excluding ortho intramolecular Hbond substituents is 4. The Bertz CT molecular complexity index is 2000. The molecule has 210 valence electrons. The number of fused-ring (bicyclic) bond motifs is 2. The lowest BCUT2D eigenvalue weighted by molar-refractivity contribution is 0.104. The predicted molar refractivity (Wildman–Crippen MR) is 156 cm³/mol. The minimum absolute atomic E-state index is 0.0166. The molecule has 0 spiro atoms. The average molecular weight is 565 g/mol. The van der Waals surface area contributed by atoms with Gasteiger partial charge in [-0.15, -0.1) is 0 Å². The van der Waals surface area contributed by atoms with Gasteiger partial charge in [0.2, 0.25) is 0 Å². The van der Waals surface area contributed by atoms with Gasteiger partial charge in [-0.1, -0.05) is 12.1 Å². The summed E-state index contributed by atoms with van der Waals surface area (Å²) < 4.78 is 16.7. The van der Waals surface area contributed by atoms with Gasteiger partial charge in [0.25, 0.3) is 0 Å². The molecule has 4 aromatic carbocycles. The molecule has 0 amide bonds. The molecule has 0 saturated heterocycles. The van der Waals surface area contributed by atoms with E-state index < -0.39 is 17.0 Å². The molecule has 4 N–H and O–H groups in total. The summed E-state index contributed by atoms with van der Waals surface area (Å²) in [5.74, 6) is -0.594. The van der Waals surface area contributed by atoms with Crippen LogP contribution in [0.1, 0.15) is 21.5 Å². The van der Waals surface area contributed by atoms with E-state index >= 15 is 0 Å². The molecular weight excluding hydrogens is 540 g/mol. The van der Waals surface area contributed by atoms with Crippen molar-refractivity contribution in [3.8, 4) is 56.9 Å². The van der Waals surface area contributed by atoms with E-state index in [1.165, 1.54) is 25.3 Å². The minimum Gasteiger partial charge on any atom is -0.508 e. The zero-order chi connectivity index (χ0) is 29.7. The molecule has 0 unspecified atom stereocenters. The Morgan fingerprint density at radius 1 is 0.738 bits per heavy atom. The first kappa shape index (κ1) is 26.5. The van der Waals surface area contributed by atoms with E-state index in [0.717, 1.165) is 17.7 Å². The lowest BCUT2D eigenvalue weighted by atomic mass is 9.81. The quantitative estimate of drug-likeness (QED) is 0.208. The van der Waals surface area contributed by atoms with E-state index in [2.05, 4.69) is 0 Å². The van der Waals surface area contributed by atoms with Crippen LogP contribution in [0, 0.1) is 0 Å². The highest BCUT2D eigenvalue weighted by Gasteiger charge is 2.29. The maximum atomic E-state index is 13.3. The number of phenols is 4. The Balaban J connectivity index is 1.54. The molecule has 0 bridgehead atoms. The monoisotopic (exact) mass is 564 g/mol. The number of hydrogen-bond donors (Lipinski definition) is 4. The van der Waals surface area contributed by atoms with Crippen LogP contribution in [-0.2, 0) is 6.42 Å². The summed E-state index contributed by atoms with van der Waals surface area (Å²) in [6.45, 7) is 0. The maximum absolute atomic E-state index is 13.3. The van der Waals surface area contributed by atoms with Gasteiger partial charge in [0, 0.05) is 41.0 Å². The summed E-state index contributed by atoms with van der Waals surface area (Å²) in [4.78, 5) is 26.2. The fourth-order valence-corrected chi connectivity index (χ4v) is 5.38. The van der Waals surface area contributed by atoms with Crippen LogP contribution in [-0.4, -0.2) is 40.4 Å². The number of allylic oxidation sites excluding steroid dienone is 2. The van der Waals surface area contributed by atoms with E-state index in [1.807, 2.05) is 12.1 Å². The van der Waals surface area contributed by atoms with Crippen molar-refractivity contribution in [2.75, 3.05) is 14.2 Å². The second-order valence-corrected chi connectivity index (χ2v) is 9.81. The summed E-state index contributed by atoms with van der Waals surface area (Å²) in [6.07, 6.45) is 1.68. The number of aromatic hydroxyl groups is 4. The Morgan fingerprint density at radius 3 is 2.17 bits per heavy atom. The minimum atomic E-state index is -0.522. The van der Waals surface area contributed by atoms with Crippen LogP contribution in [0.4, 0.5) is 0 Å². The van der Waals surface area contributed by atoms with Gasteiger partial charge in [0.1, 0.15) is 51.2 Å². The zero-order valence-electron chi connectivity index (χ0n) is 22.5. The summed E-state index contributed by atoms with van der Waals surface area (Å²) >= 11 is 0. The van der Waals surface area contributed by atoms with Gasteiger partial charge in [0.15, 0.2) is 11.2 Å². The molecule has 0 aliphatic heterocycles. The molecule has 6 rings (SSSR count). The highest BCUT2D eigenvalue weighted by molar-refractivity contribution is 6.15. The maximum Gasteiger partial charge on any atom is 0.197 e. The van der Waals surface area contributed by atoms with E-state index in [9.17, 15) is 30.0 Å². The van der Waals surface area contributed by atoms with Crippen LogP contribution >= 0.6 is 0 Å². The van der Waals surface area contributed by atoms with Crippen LogP contribution < -0.4 is 14.9 Å². The van der Waals surface area contributed by atoms with Gasteiger partial charge in [-0.05, 0) is 59.5 Å². The Morgan fingerprint density at radius 2 is 1.45 bits per heavy atom. The van der Waals surface area contributed by atoms with Gasteiger partial charge in [-0.2, -0.15) is 0 Å². The standard InChI is InChI=1S/C33H24O9/c1-40-20-6-3-16(4-7-20)18-10-22-31(25(37)14-26(38)32(22)23(35)11-18)21-9-17(5-8-28(21)41-2)29-15-27(39)33-24(36)12-19(34)13-30(33)42-29/h3-9,11-15,34,36-38H,10H2,1-2H3. The smallest absolute Gasteiger partial charge is 0.197 e. The highest BCUT2D eigenvalue weighted by atomic mass is 16.5. The van der Waals surface area contributed by atoms with Crippen LogP contribution in [0.3, 0.4) is 0 Å². The number of ketones is 1. The molecule has 0 saturated carbocycles. The molecule has 42 heavy (non-hydrogen) atoms. The Labute approximate surface area is 238 Å². The van der Waals surface area contributed by atoms with Gasteiger partial charge in [-0.25, -0.2) is 0 Å². The molecule has 9 nitrogen and oxygen atoms in total. The summed E-state index contributed by atoms with van der Waals surface area (Å²) in [5, 5.41) is 41.8. The zero-order valence-corrected chi connectivity index (χ0v) is 22.5. The predicted octanol–water partition coefficient (Wildman–Crippen LogP) is 5.79. The second-order valence-electron chi connectivity index (χ2n) is 9.81. The summed E-state index contributed by atoms with van der Waals surface area (Å²) in [7, 11) is 3.02. The summed E-state index contributed by atoms with van der Waals surface area (Å²) in [5.41, 5.74) is 2.45. The first-order chi connectivity index (χ1) is 20.2. The normalized spacial score (nSPS) is 12.6. The lowest BCUT2D eigenvalue weighted by Gasteiger charge is -2.23. The Hall–Kier alpha value is -5.70. The molecule has 1 aliphatic rings. The topological polar surface area (TPSA) is 147 Å². The average Bonchev–Trinajstić information content (AvgIpc) is 2.96. The van der Waals surface area contributed by atoms with Crippen LogP contribution in [0.5, 0.6) is 34.5 Å².